The number of carbonyl (C=O) groups excluding carboxylic acids is 1. The Morgan fingerprint density at radius 2 is 1.81 bits per heavy atom. The summed E-state index contributed by atoms with van der Waals surface area (Å²) in [6, 6.07) is 15.4. The van der Waals surface area contributed by atoms with Crippen molar-refractivity contribution in [3.8, 4) is 5.69 Å². The first kappa shape index (κ1) is 23.1. The largest absolute Gasteiger partial charge is 0.384 e. The first-order chi connectivity index (χ1) is 18.2. The summed E-state index contributed by atoms with van der Waals surface area (Å²) in [5.41, 5.74) is 10.9. The number of piperazine rings is 1. The maximum atomic E-state index is 13.3. The smallest absolute Gasteiger partial charge is 0.253 e. The second-order valence-corrected chi connectivity index (χ2v) is 9.28. The van der Waals surface area contributed by atoms with E-state index >= 15 is 0 Å². The number of benzene rings is 1. The number of rotatable bonds is 5. The molecule has 37 heavy (non-hydrogen) atoms. The van der Waals surface area contributed by atoms with Crippen LogP contribution in [0.25, 0.3) is 16.9 Å². The van der Waals surface area contributed by atoms with Gasteiger partial charge in [0, 0.05) is 62.9 Å². The lowest BCUT2D eigenvalue weighted by Crippen LogP contribution is -2.48. The maximum absolute atomic E-state index is 13.3. The predicted molar refractivity (Wildman–Crippen MR) is 144 cm³/mol. The summed E-state index contributed by atoms with van der Waals surface area (Å²) >= 11 is 0. The number of hydrogen-bond donors (Lipinski definition) is 1. The zero-order valence-corrected chi connectivity index (χ0v) is 20.5. The topological polar surface area (TPSA) is 106 Å². The van der Waals surface area contributed by atoms with Gasteiger partial charge in [-0.15, -0.1) is 0 Å². The molecule has 1 amide bonds. The number of anilines is 1. The fourth-order valence-electron chi connectivity index (χ4n) is 4.88. The van der Waals surface area contributed by atoms with E-state index in [1.807, 2.05) is 64.1 Å². The lowest BCUT2D eigenvalue weighted by Gasteiger charge is -2.34. The Labute approximate surface area is 215 Å². The predicted octanol–water partition coefficient (Wildman–Crippen LogP) is 3.10. The highest BCUT2D eigenvalue weighted by Gasteiger charge is 2.23. The number of nitrogen functional groups attached to an aromatic ring is 1. The Hall–Kier alpha value is -4.37. The number of amides is 1. The molecule has 5 heterocycles. The van der Waals surface area contributed by atoms with Crippen LogP contribution in [0.5, 0.6) is 0 Å². The fourth-order valence-corrected chi connectivity index (χ4v) is 4.88. The van der Waals surface area contributed by atoms with E-state index in [1.54, 1.807) is 12.4 Å². The van der Waals surface area contributed by atoms with Gasteiger partial charge in [0.2, 0.25) is 0 Å². The molecule has 0 saturated carbocycles. The van der Waals surface area contributed by atoms with Gasteiger partial charge in [-0.05, 0) is 66.6 Å². The summed E-state index contributed by atoms with van der Waals surface area (Å²) in [5.74, 6) is 1.34. The Balaban J connectivity index is 1.18. The monoisotopic (exact) mass is 492 g/mol. The van der Waals surface area contributed by atoms with Gasteiger partial charge >= 0.3 is 0 Å². The number of fused-ring (bicyclic) bond motifs is 1. The van der Waals surface area contributed by atoms with Crippen LogP contribution in [0.2, 0.25) is 0 Å². The third-order valence-electron chi connectivity index (χ3n) is 6.78. The zero-order valence-electron chi connectivity index (χ0n) is 20.5. The van der Waals surface area contributed by atoms with Gasteiger partial charge < -0.3 is 10.6 Å². The summed E-state index contributed by atoms with van der Waals surface area (Å²) in [6.07, 6.45) is 8.57. The number of carbonyl (C=O) groups is 1. The summed E-state index contributed by atoms with van der Waals surface area (Å²) < 4.78 is 2.02. The molecule has 4 aromatic rings. The minimum Gasteiger partial charge on any atom is -0.384 e. The first-order valence-electron chi connectivity index (χ1n) is 12.5. The minimum atomic E-state index is 0.0489. The van der Waals surface area contributed by atoms with E-state index in [0.717, 1.165) is 66.6 Å². The van der Waals surface area contributed by atoms with E-state index in [9.17, 15) is 4.79 Å². The molecule has 1 aromatic carbocycles. The quantitative estimate of drug-likeness (QED) is 0.459. The molecule has 9 nitrogen and oxygen atoms in total. The zero-order chi connectivity index (χ0) is 25.2. The lowest BCUT2D eigenvalue weighted by atomic mass is 10.1. The third kappa shape index (κ3) is 4.73. The van der Waals surface area contributed by atoms with Gasteiger partial charge in [-0.3, -0.25) is 19.3 Å². The van der Waals surface area contributed by atoms with E-state index in [2.05, 4.69) is 25.9 Å². The minimum absolute atomic E-state index is 0.0489. The fraction of sp³-hybridized carbons (Fsp3) is 0.250. The Morgan fingerprint density at radius 1 is 0.973 bits per heavy atom. The van der Waals surface area contributed by atoms with Gasteiger partial charge in [-0.1, -0.05) is 6.08 Å². The molecule has 2 N–H and O–H groups in total. The van der Waals surface area contributed by atoms with Crippen molar-refractivity contribution < 1.29 is 4.79 Å². The van der Waals surface area contributed by atoms with Gasteiger partial charge in [0.15, 0.2) is 11.5 Å². The summed E-state index contributed by atoms with van der Waals surface area (Å²) in [5, 5.41) is 0. The molecule has 3 aromatic heterocycles. The number of hydrogen-bond acceptors (Lipinski definition) is 7. The van der Waals surface area contributed by atoms with Crippen LogP contribution in [-0.4, -0.2) is 73.7 Å². The van der Waals surface area contributed by atoms with Crippen LogP contribution < -0.4 is 5.73 Å². The Kier molecular flexibility index (Phi) is 6.20. The molecular formula is C28H28N8O. The van der Waals surface area contributed by atoms with Crippen molar-refractivity contribution in [3.05, 3.63) is 90.0 Å². The van der Waals surface area contributed by atoms with Crippen molar-refractivity contribution in [2.75, 3.05) is 38.5 Å². The summed E-state index contributed by atoms with van der Waals surface area (Å²) in [6.45, 7) is 4.56. The third-order valence-corrected chi connectivity index (χ3v) is 6.78. The van der Waals surface area contributed by atoms with Crippen molar-refractivity contribution in [3.63, 3.8) is 0 Å². The molecule has 0 radical (unpaired) electrons. The number of aliphatic imine (C=N–C) groups is 1. The van der Waals surface area contributed by atoms with Crippen LogP contribution in [0.4, 0.5) is 5.82 Å². The van der Waals surface area contributed by atoms with Crippen LogP contribution in [-0.2, 0) is 6.54 Å². The number of nitrogens with zero attached hydrogens (tertiary/aromatic N) is 7. The SMILES string of the molecule is Nc1cc(CN2CCN(C(=O)c3ccc(-n4c(C5=NCCC=C5)nc5cccnc54)cc3)CC2)ccn1. The van der Waals surface area contributed by atoms with Crippen LogP contribution in [0.15, 0.2) is 78.1 Å². The molecular weight excluding hydrogens is 464 g/mol. The van der Waals surface area contributed by atoms with Gasteiger partial charge in [0.1, 0.15) is 17.0 Å². The van der Waals surface area contributed by atoms with Crippen LogP contribution in [0, 0.1) is 0 Å². The highest BCUT2D eigenvalue weighted by Crippen LogP contribution is 2.23. The van der Waals surface area contributed by atoms with Crippen molar-refractivity contribution in [2.45, 2.75) is 13.0 Å². The molecule has 2 aliphatic heterocycles. The van der Waals surface area contributed by atoms with E-state index < -0.39 is 0 Å². The molecule has 9 heteroatoms. The molecule has 186 valence electrons. The molecule has 0 bridgehead atoms. The number of aromatic nitrogens is 4. The molecule has 0 atom stereocenters. The maximum Gasteiger partial charge on any atom is 0.253 e. The summed E-state index contributed by atoms with van der Waals surface area (Å²) in [4.78, 5) is 35.6. The molecule has 2 aliphatic rings. The molecule has 1 saturated heterocycles. The first-order valence-corrected chi connectivity index (χ1v) is 12.5. The number of imidazole rings is 1. The van der Waals surface area contributed by atoms with E-state index in [-0.39, 0.29) is 5.91 Å². The normalized spacial score (nSPS) is 16.2. The highest BCUT2D eigenvalue weighted by atomic mass is 16.2. The second-order valence-electron chi connectivity index (χ2n) is 9.28. The Bertz CT molecular complexity index is 1500. The number of dihydropyridines is 1. The highest BCUT2D eigenvalue weighted by molar-refractivity contribution is 6.08. The van der Waals surface area contributed by atoms with Gasteiger partial charge in [0.25, 0.3) is 5.91 Å². The molecule has 0 unspecified atom stereocenters. The van der Waals surface area contributed by atoms with Crippen LogP contribution >= 0.6 is 0 Å². The standard InChI is InChI=1S/C28H28N8O/c29-25-18-20(10-13-31-25)19-34-14-16-35(17-15-34)28(37)21-6-8-22(9-7-21)36-26-24(5-3-12-32-26)33-27(36)23-4-1-2-11-30-23/h1,3-10,12-13,18H,2,11,14-17,19H2,(H2,29,31). The molecule has 1 fully saturated rings. The van der Waals surface area contributed by atoms with Crippen LogP contribution in [0.1, 0.15) is 28.2 Å². The van der Waals surface area contributed by atoms with E-state index in [0.29, 0.717) is 24.5 Å². The number of nitrogens with two attached hydrogens (primary N) is 1. The van der Waals surface area contributed by atoms with Crippen molar-refractivity contribution in [2.24, 2.45) is 4.99 Å². The number of pyridine rings is 2. The van der Waals surface area contributed by atoms with Crippen LogP contribution in [0.3, 0.4) is 0 Å². The van der Waals surface area contributed by atoms with Crippen molar-refractivity contribution >= 4 is 28.6 Å². The van der Waals surface area contributed by atoms with Gasteiger partial charge in [-0.2, -0.15) is 0 Å². The number of allylic oxidation sites excluding steroid dienone is 1. The second kappa shape index (κ2) is 9.94. The van der Waals surface area contributed by atoms with E-state index in [4.69, 9.17) is 10.7 Å². The van der Waals surface area contributed by atoms with Gasteiger partial charge in [-0.25, -0.2) is 15.0 Å². The van der Waals surface area contributed by atoms with Gasteiger partial charge in [0.05, 0.1) is 0 Å². The average molecular weight is 493 g/mol. The van der Waals surface area contributed by atoms with Crippen molar-refractivity contribution in [1.82, 2.24) is 29.3 Å². The van der Waals surface area contributed by atoms with E-state index in [1.165, 1.54) is 0 Å². The molecule has 0 spiro atoms. The molecule has 0 aliphatic carbocycles. The Morgan fingerprint density at radius 3 is 2.57 bits per heavy atom. The lowest BCUT2D eigenvalue weighted by molar-refractivity contribution is 0.0628. The van der Waals surface area contributed by atoms with Crippen molar-refractivity contribution in [1.29, 1.82) is 0 Å². The average Bonchev–Trinajstić information content (AvgIpc) is 3.33. The molecule has 6 rings (SSSR count). The summed E-state index contributed by atoms with van der Waals surface area (Å²) in [7, 11) is 0.